The standard InChI is InChI=1S/C27H58NO3P/c1-4-6-8-10-12-14-16-18-20-22-24-26-28(32(29,30)31-3)27-25-23-21-19-17-15-13-11-9-7-5-2/h4-27H2,1-3H3,(H,29,30). The van der Waals surface area contributed by atoms with Crippen molar-refractivity contribution in [2.75, 3.05) is 20.2 Å². The Morgan fingerprint density at radius 3 is 1.03 bits per heavy atom. The lowest BCUT2D eigenvalue weighted by atomic mass is 10.1. The summed E-state index contributed by atoms with van der Waals surface area (Å²) < 4.78 is 19.0. The second-order valence-corrected chi connectivity index (χ2v) is 11.6. The molecule has 0 fully saturated rings. The minimum Gasteiger partial charge on any atom is -0.312 e. The Balaban J connectivity index is 3.73. The van der Waals surface area contributed by atoms with Crippen LogP contribution in [0.25, 0.3) is 0 Å². The molecule has 0 heterocycles. The molecule has 194 valence electrons. The molecule has 5 heteroatoms. The van der Waals surface area contributed by atoms with Crippen LogP contribution < -0.4 is 0 Å². The van der Waals surface area contributed by atoms with Gasteiger partial charge in [0.1, 0.15) is 0 Å². The van der Waals surface area contributed by atoms with Crippen LogP contribution in [0, 0.1) is 0 Å². The molecule has 0 aromatic rings. The van der Waals surface area contributed by atoms with E-state index < -0.39 is 7.75 Å². The van der Waals surface area contributed by atoms with Gasteiger partial charge in [0.05, 0.1) is 0 Å². The number of hydrogen-bond donors (Lipinski definition) is 1. The SMILES string of the molecule is CCCCCCCCCCCCCN(CCCCCCCCCCCCC)P(=O)(O)OC. The summed E-state index contributed by atoms with van der Waals surface area (Å²) >= 11 is 0. The first-order valence-corrected chi connectivity index (χ1v) is 15.8. The van der Waals surface area contributed by atoms with Crippen molar-refractivity contribution in [2.24, 2.45) is 0 Å². The molecule has 32 heavy (non-hydrogen) atoms. The highest BCUT2D eigenvalue weighted by atomic mass is 31.2. The Morgan fingerprint density at radius 1 is 0.531 bits per heavy atom. The maximum absolute atomic E-state index is 12.4. The summed E-state index contributed by atoms with van der Waals surface area (Å²) in [6, 6.07) is 0. The van der Waals surface area contributed by atoms with Crippen molar-refractivity contribution >= 4 is 7.75 Å². The van der Waals surface area contributed by atoms with Gasteiger partial charge in [0.2, 0.25) is 0 Å². The van der Waals surface area contributed by atoms with E-state index in [4.69, 9.17) is 4.52 Å². The van der Waals surface area contributed by atoms with Crippen LogP contribution in [0.1, 0.15) is 155 Å². The molecule has 0 aromatic heterocycles. The predicted octanol–water partition coefficient (Wildman–Crippen LogP) is 9.66. The summed E-state index contributed by atoms with van der Waals surface area (Å²) in [5, 5.41) is 0. The largest absolute Gasteiger partial charge is 0.405 e. The predicted molar refractivity (Wildman–Crippen MR) is 141 cm³/mol. The number of rotatable bonds is 26. The zero-order valence-corrected chi connectivity index (χ0v) is 23.0. The van der Waals surface area contributed by atoms with Crippen LogP contribution >= 0.6 is 7.75 Å². The lowest BCUT2D eigenvalue weighted by Crippen LogP contribution is -2.23. The van der Waals surface area contributed by atoms with E-state index >= 15 is 0 Å². The van der Waals surface area contributed by atoms with E-state index in [-0.39, 0.29) is 0 Å². The molecule has 0 aliphatic heterocycles. The fourth-order valence-electron chi connectivity index (χ4n) is 4.40. The van der Waals surface area contributed by atoms with Gasteiger partial charge < -0.3 is 9.42 Å². The van der Waals surface area contributed by atoms with E-state index in [9.17, 15) is 9.46 Å². The summed E-state index contributed by atoms with van der Waals surface area (Å²) in [5.74, 6) is 0. The molecule has 0 aromatic carbocycles. The Hall–Kier alpha value is 0.110. The fourth-order valence-corrected chi connectivity index (χ4v) is 5.42. The fraction of sp³-hybridized carbons (Fsp3) is 1.00. The van der Waals surface area contributed by atoms with Crippen molar-refractivity contribution in [1.29, 1.82) is 0 Å². The topological polar surface area (TPSA) is 49.8 Å². The van der Waals surface area contributed by atoms with Gasteiger partial charge in [-0.2, -0.15) is 0 Å². The molecule has 0 rings (SSSR count). The highest BCUT2D eigenvalue weighted by Crippen LogP contribution is 2.45. The first-order chi connectivity index (χ1) is 15.6. The maximum atomic E-state index is 12.4. The van der Waals surface area contributed by atoms with E-state index in [2.05, 4.69) is 13.8 Å². The Bertz CT molecular complexity index is 394. The highest BCUT2D eigenvalue weighted by molar-refractivity contribution is 7.50. The van der Waals surface area contributed by atoms with Gasteiger partial charge in [-0.15, -0.1) is 0 Å². The molecular weight excluding hydrogens is 417 g/mol. The van der Waals surface area contributed by atoms with Crippen LogP contribution in [0.2, 0.25) is 0 Å². The minimum atomic E-state index is -3.61. The zero-order chi connectivity index (χ0) is 23.8. The Labute approximate surface area is 201 Å². The molecule has 0 radical (unpaired) electrons. The molecule has 0 bridgehead atoms. The van der Waals surface area contributed by atoms with Crippen molar-refractivity contribution in [3.8, 4) is 0 Å². The van der Waals surface area contributed by atoms with Gasteiger partial charge in [-0.25, -0.2) is 9.24 Å². The molecule has 4 nitrogen and oxygen atoms in total. The molecule has 1 unspecified atom stereocenters. The van der Waals surface area contributed by atoms with Gasteiger partial charge in [0, 0.05) is 20.2 Å². The van der Waals surface area contributed by atoms with Crippen LogP contribution in [0.15, 0.2) is 0 Å². The average molecular weight is 476 g/mol. The van der Waals surface area contributed by atoms with Crippen LogP contribution in [-0.4, -0.2) is 29.8 Å². The molecular formula is C27H58NO3P. The Kier molecular flexibility index (Phi) is 24.3. The zero-order valence-electron chi connectivity index (χ0n) is 22.1. The van der Waals surface area contributed by atoms with E-state index in [0.717, 1.165) is 25.7 Å². The molecule has 0 saturated heterocycles. The first kappa shape index (κ1) is 32.1. The second kappa shape index (κ2) is 24.2. The summed E-state index contributed by atoms with van der Waals surface area (Å²) in [7, 11) is -2.25. The number of nitrogens with zero attached hydrogens (tertiary/aromatic N) is 1. The maximum Gasteiger partial charge on any atom is 0.405 e. The first-order valence-electron chi connectivity index (χ1n) is 14.2. The lowest BCUT2D eigenvalue weighted by molar-refractivity contribution is 0.230. The molecule has 0 aliphatic carbocycles. The lowest BCUT2D eigenvalue weighted by Gasteiger charge is -2.25. The van der Waals surface area contributed by atoms with E-state index in [1.54, 1.807) is 4.67 Å². The van der Waals surface area contributed by atoms with Crippen molar-refractivity contribution in [3.63, 3.8) is 0 Å². The molecule has 1 N–H and O–H groups in total. The Morgan fingerprint density at radius 2 is 0.781 bits per heavy atom. The third kappa shape index (κ3) is 20.7. The van der Waals surface area contributed by atoms with Crippen molar-refractivity contribution < 1.29 is 14.0 Å². The summed E-state index contributed by atoms with van der Waals surface area (Å²) in [4.78, 5) is 10.2. The normalized spacial score (nSPS) is 13.7. The van der Waals surface area contributed by atoms with Crippen LogP contribution in [0.3, 0.4) is 0 Å². The summed E-state index contributed by atoms with van der Waals surface area (Å²) in [6.07, 6.45) is 28.5. The van der Waals surface area contributed by atoms with Gasteiger partial charge >= 0.3 is 7.75 Å². The quantitative estimate of drug-likeness (QED) is 0.0999. The minimum absolute atomic E-state index is 0.677. The second-order valence-electron chi connectivity index (χ2n) is 9.70. The summed E-state index contributed by atoms with van der Waals surface area (Å²) in [5.41, 5.74) is 0. The molecule has 0 saturated carbocycles. The molecule has 0 spiro atoms. The molecule has 0 amide bonds. The van der Waals surface area contributed by atoms with E-state index in [1.165, 1.54) is 123 Å². The van der Waals surface area contributed by atoms with Crippen molar-refractivity contribution in [1.82, 2.24) is 4.67 Å². The monoisotopic (exact) mass is 475 g/mol. The number of unbranched alkanes of at least 4 members (excludes halogenated alkanes) is 20. The average Bonchev–Trinajstić information content (AvgIpc) is 2.79. The van der Waals surface area contributed by atoms with Crippen molar-refractivity contribution in [3.05, 3.63) is 0 Å². The summed E-state index contributed by atoms with van der Waals surface area (Å²) in [6.45, 7) is 5.88. The van der Waals surface area contributed by atoms with Crippen LogP contribution in [0.5, 0.6) is 0 Å². The van der Waals surface area contributed by atoms with Gasteiger partial charge in [-0.05, 0) is 12.8 Å². The third-order valence-corrected chi connectivity index (χ3v) is 8.23. The van der Waals surface area contributed by atoms with E-state index in [0.29, 0.717) is 13.1 Å². The van der Waals surface area contributed by atoms with Gasteiger partial charge in [0.15, 0.2) is 0 Å². The smallest absolute Gasteiger partial charge is 0.312 e. The van der Waals surface area contributed by atoms with Gasteiger partial charge in [0.25, 0.3) is 0 Å². The highest BCUT2D eigenvalue weighted by Gasteiger charge is 2.27. The van der Waals surface area contributed by atoms with Crippen molar-refractivity contribution in [2.45, 2.75) is 155 Å². The van der Waals surface area contributed by atoms with Gasteiger partial charge in [-0.1, -0.05) is 142 Å². The van der Waals surface area contributed by atoms with Crippen LogP contribution in [0.4, 0.5) is 0 Å². The third-order valence-electron chi connectivity index (χ3n) is 6.63. The van der Waals surface area contributed by atoms with E-state index in [1.807, 2.05) is 0 Å². The molecule has 0 aliphatic rings. The van der Waals surface area contributed by atoms with Crippen LogP contribution in [-0.2, 0) is 9.09 Å². The molecule has 1 atom stereocenters. The van der Waals surface area contributed by atoms with Gasteiger partial charge in [-0.3, -0.25) is 0 Å². The number of hydrogen-bond acceptors (Lipinski definition) is 2.